The third-order valence-corrected chi connectivity index (χ3v) is 12.9. The fourth-order valence-electron chi connectivity index (χ4n) is 7.47. The average molecular weight is 1050 g/mol. The summed E-state index contributed by atoms with van der Waals surface area (Å²) in [5, 5.41) is 0. The number of esters is 2. The number of ether oxygens (including phenoxy) is 2. The Kier molecular flexibility index (Phi) is 51.6. The summed E-state index contributed by atoms with van der Waals surface area (Å²) >= 11 is 0. The van der Waals surface area contributed by atoms with Gasteiger partial charge >= 0.3 is 11.9 Å². The van der Waals surface area contributed by atoms with Crippen molar-refractivity contribution in [3.63, 3.8) is 0 Å². The van der Waals surface area contributed by atoms with Crippen molar-refractivity contribution in [1.82, 2.24) is 0 Å². The van der Waals surface area contributed by atoms with Crippen LogP contribution < -0.4 is 4.89 Å². The molecule has 0 spiro atoms. The van der Waals surface area contributed by atoms with Crippen molar-refractivity contribution >= 4 is 19.8 Å². The lowest BCUT2D eigenvalue weighted by Crippen LogP contribution is -2.37. The van der Waals surface area contributed by atoms with Crippen LogP contribution in [-0.4, -0.2) is 70.0 Å². The summed E-state index contributed by atoms with van der Waals surface area (Å²) in [4.78, 5) is 37.9. The minimum Gasteiger partial charge on any atom is -0.756 e. The molecule has 0 saturated heterocycles. The second-order valence-corrected chi connectivity index (χ2v) is 21.7. The highest BCUT2D eigenvalue weighted by atomic mass is 31.2. The number of quaternary nitrogens is 1. The molecule has 2 unspecified atom stereocenters. The first-order valence-electron chi connectivity index (χ1n) is 29.2. The van der Waals surface area contributed by atoms with Gasteiger partial charge in [0.05, 0.1) is 27.7 Å². The van der Waals surface area contributed by atoms with Crippen molar-refractivity contribution in [2.45, 2.75) is 225 Å². The molecule has 422 valence electrons. The fourth-order valence-corrected chi connectivity index (χ4v) is 8.19. The predicted octanol–water partition coefficient (Wildman–Crippen LogP) is 17.7. The number of rotatable bonds is 52. The zero-order valence-corrected chi connectivity index (χ0v) is 48.6. The molecule has 0 amide bonds. The minimum atomic E-state index is -4.65. The highest BCUT2D eigenvalue weighted by Gasteiger charge is 2.21. The number of allylic oxidation sites excluding steroid dienone is 20. The molecule has 74 heavy (non-hydrogen) atoms. The molecule has 0 fully saturated rings. The largest absolute Gasteiger partial charge is 0.756 e. The van der Waals surface area contributed by atoms with E-state index in [1.54, 1.807) is 0 Å². The van der Waals surface area contributed by atoms with E-state index in [0.29, 0.717) is 23.9 Å². The number of hydrogen-bond donors (Lipinski definition) is 0. The Hall–Kier alpha value is -3.59. The first-order valence-corrected chi connectivity index (χ1v) is 30.7. The van der Waals surface area contributed by atoms with E-state index in [1.807, 2.05) is 21.1 Å². The maximum absolute atomic E-state index is 12.8. The molecule has 0 heterocycles. The summed E-state index contributed by atoms with van der Waals surface area (Å²) < 4.78 is 34.1. The topological polar surface area (TPSA) is 111 Å². The van der Waals surface area contributed by atoms with Gasteiger partial charge in [0, 0.05) is 12.8 Å². The molecule has 0 aliphatic heterocycles. The average Bonchev–Trinajstić information content (AvgIpc) is 3.36. The Balaban J connectivity index is 4.29. The normalized spacial score (nSPS) is 14.2. The molecule has 0 N–H and O–H groups in total. The highest BCUT2D eigenvalue weighted by Crippen LogP contribution is 2.38. The van der Waals surface area contributed by atoms with E-state index in [0.717, 1.165) is 109 Å². The molecule has 0 aromatic rings. The van der Waals surface area contributed by atoms with Crippen LogP contribution in [0.3, 0.4) is 0 Å². The SMILES string of the molecule is CC/C=C\C/C=C\C/C=C\C/C=C\C/C=C\C/C=C\C/C=C\C/C=C\CCCCCCC(=O)OC(COC(=O)CCCCCCCCCCC/C=C\C/C=C\CCCCCCC)COP(=O)([O-])OCC[N+](C)(C)C. The van der Waals surface area contributed by atoms with Gasteiger partial charge in [-0.2, -0.15) is 0 Å². The van der Waals surface area contributed by atoms with Crippen molar-refractivity contribution in [3.8, 4) is 0 Å². The first-order chi connectivity index (χ1) is 36.0. The summed E-state index contributed by atoms with van der Waals surface area (Å²) in [6.45, 7) is 4.07. The molecule has 0 saturated carbocycles. The van der Waals surface area contributed by atoms with Gasteiger partial charge in [0.15, 0.2) is 6.10 Å². The predicted molar refractivity (Wildman–Crippen MR) is 314 cm³/mol. The summed E-state index contributed by atoms with van der Waals surface area (Å²) in [5.41, 5.74) is 0. The van der Waals surface area contributed by atoms with Crippen LogP contribution in [0.15, 0.2) is 122 Å². The maximum Gasteiger partial charge on any atom is 0.306 e. The first kappa shape index (κ1) is 70.4. The summed E-state index contributed by atoms with van der Waals surface area (Å²) in [6.07, 6.45) is 76.6. The van der Waals surface area contributed by atoms with Gasteiger partial charge in [0.25, 0.3) is 7.82 Å². The monoisotopic (exact) mass is 1050 g/mol. The van der Waals surface area contributed by atoms with Gasteiger partial charge in [-0.3, -0.25) is 14.2 Å². The molecule has 0 aromatic carbocycles. The van der Waals surface area contributed by atoms with Crippen molar-refractivity contribution in [3.05, 3.63) is 122 Å². The standard InChI is InChI=1S/C64H108NO8P/c1-6-8-10-12-14-16-18-20-22-24-26-28-29-30-31-32-33-34-35-37-39-41-43-45-47-49-51-53-55-57-64(67)73-62(61-72-74(68,69)71-59-58-65(3,4)5)60-70-63(66)56-54-52-50-48-46-44-42-40-38-36-27-25-23-21-19-17-15-13-11-9-7-2/h8,10,14,16,19-22,25-28,30-31,33-34,37,39,43,45,62H,6-7,9,11-13,15,17-18,23-24,29,32,35-36,38,40-42,44,46-61H2,1-5H3/b10-8-,16-14-,21-19-,22-20-,27-25-,28-26-,31-30-,34-33-,39-37-,45-43-. The van der Waals surface area contributed by atoms with Gasteiger partial charge in [-0.1, -0.05) is 219 Å². The Morgan fingerprint density at radius 3 is 1.15 bits per heavy atom. The number of phosphoric ester groups is 1. The van der Waals surface area contributed by atoms with Crippen molar-refractivity contribution in [2.75, 3.05) is 47.5 Å². The van der Waals surface area contributed by atoms with Crippen LogP contribution in [0.1, 0.15) is 219 Å². The van der Waals surface area contributed by atoms with Crippen molar-refractivity contribution in [1.29, 1.82) is 0 Å². The zero-order valence-electron chi connectivity index (χ0n) is 47.7. The van der Waals surface area contributed by atoms with Crippen molar-refractivity contribution < 1.29 is 42.1 Å². The number of likely N-dealkylation sites (N-methyl/N-ethyl adjacent to an activating group) is 1. The third-order valence-electron chi connectivity index (χ3n) is 12.0. The Morgan fingerprint density at radius 2 is 0.770 bits per heavy atom. The highest BCUT2D eigenvalue weighted by molar-refractivity contribution is 7.45. The van der Waals surface area contributed by atoms with Crippen LogP contribution in [0, 0.1) is 0 Å². The lowest BCUT2D eigenvalue weighted by atomic mass is 10.1. The zero-order chi connectivity index (χ0) is 54.2. The Labute approximate surface area is 454 Å². The van der Waals surface area contributed by atoms with Gasteiger partial charge in [0.1, 0.15) is 19.8 Å². The fraction of sp³-hybridized carbons (Fsp3) is 0.656. The molecule has 10 heteroatoms. The lowest BCUT2D eigenvalue weighted by Gasteiger charge is -2.28. The van der Waals surface area contributed by atoms with E-state index in [4.69, 9.17) is 18.5 Å². The quantitative estimate of drug-likeness (QED) is 0.0195. The van der Waals surface area contributed by atoms with Crippen LogP contribution in [0.25, 0.3) is 0 Å². The van der Waals surface area contributed by atoms with E-state index in [-0.39, 0.29) is 26.1 Å². The minimum absolute atomic E-state index is 0.0437. The molecular formula is C64H108NO8P. The molecule has 0 bridgehead atoms. The van der Waals surface area contributed by atoms with Crippen molar-refractivity contribution in [2.24, 2.45) is 0 Å². The number of phosphoric acid groups is 1. The van der Waals surface area contributed by atoms with Crippen LogP contribution in [-0.2, 0) is 32.7 Å². The number of hydrogen-bond acceptors (Lipinski definition) is 8. The van der Waals surface area contributed by atoms with Gasteiger partial charge in [-0.25, -0.2) is 0 Å². The van der Waals surface area contributed by atoms with Gasteiger partial charge in [0.2, 0.25) is 0 Å². The molecular weight excluding hydrogens is 942 g/mol. The van der Waals surface area contributed by atoms with Gasteiger partial charge < -0.3 is 27.9 Å². The second kappa shape index (κ2) is 54.2. The van der Waals surface area contributed by atoms with Crippen LogP contribution in [0.2, 0.25) is 0 Å². The smallest absolute Gasteiger partial charge is 0.306 e. The molecule has 0 aromatic heterocycles. The Morgan fingerprint density at radius 1 is 0.432 bits per heavy atom. The number of carbonyl (C=O) groups is 2. The van der Waals surface area contributed by atoms with Gasteiger partial charge in [-0.05, 0) is 109 Å². The lowest BCUT2D eigenvalue weighted by molar-refractivity contribution is -0.870. The van der Waals surface area contributed by atoms with Gasteiger partial charge in [-0.15, -0.1) is 0 Å². The van der Waals surface area contributed by atoms with E-state index >= 15 is 0 Å². The molecule has 0 rings (SSSR count). The molecule has 0 radical (unpaired) electrons. The summed E-state index contributed by atoms with van der Waals surface area (Å²) in [6, 6.07) is 0. The molecule has 0 aliphatic rings. The molecule has 2 atom stereocenters. The third kappa shape index (κ3) is 57.7. The summed E-state index contributed by atoms with van der Waals surface area (Å²) in [5.74, 6) is -0.875. The number of nitrogens with zero attached hydrogens (tertiary/aromatic N) is 1. The van der Waals surface area contributed by atoms with E-state index in [2.05, 4.69) is 135 Å². The van der Waals surface area contributed by atoms with E-state index in [1.165, 1.54) is 70.6 Å². The van der Waals surface area contributed by atoms with Crippen LogP contribution in [0.5, 0.6) is 0 Å². The maximum atomic E-state index is 12.8. The Bertz CT molecular complexity index is 1660. The molecule has 0 aliphatic carbocycles. The van der Waals surface area contributed by atoms with E-state index in [9.17, 15) is 19.0 Å². The number of carbonyl (C=O) groups excluding carboxylic acids is 2. The van der Waals surface area contributed by atoms with E-state index < -0.39 is 32.5 Å². The van der Waals surface area contributed by atoms with Crippen LogP contribution in [0.4, 0.5) is 0 Å². The second-order valence-electron chi connectivity index (χ2n) is 20.3. The summed E-state index contributed by atoms with van der Waals surface area (Å²) in [7, 11) is 1.13. The number of unbranched alkanes of at least 4 members (excludes halogenated alkanes) is 18. The molecule has 9 nitrogen and oxygen atoms in total. The van der Waals surface area contributed by atoms with Crippen LogP contribution >= 0.6 is 7.82 Å².